The van der Waals surface area contributed by atoms with Crippen LogP contribution in [0, 0.1) is 0 Å². The van der Waals surface area contributed by atoms with Gasteiger partial charge in [-0.25, -0.2) is 0 Å². The van der Waals surface area contributed by atoms with Gasteiger partial charge in [-0.1, -0.05) is 48.6 Å². The van der Waals surface area contributed by atoms with E-state index >= 15 is 0 Å². The van der Waals surface area contributed by atoms with Gasteiger partial charge >= 0.3 is 0 Å². The first-order valence-corrected chi connectivity index (χ1v) is 5.50. The summed E-state index contributed by atoms with van der Waals surface area (Å²) in [5, 5.41) is 0. The zero-order valence-electron chi connectivity index (χ0n) is 8.90. The average molecular weight is 194 g/mol. The number of hydrogen-bond donors (Lipinski definition) is 0. The van der Waals surface area contributed by atoms with Crippen molar-refractivity contribution < 1.29 is 0 Å². The Labute approximate surface area is 90.6 Å². The minimum Gasteiger partial charge on any atom is -0.0760 e. The lowest BCUT2D eigenvalue weighted by Gasteiger charge is -2.14. The third kappa shape index (κ3) is 1.29. The molecule has 0 aliphatic heterocycles. The lowest BCUT2D eigenvalue weighted by atomic mass is 9.90. The second-order valence-electron chi connectivity index (χ2n) is 4.29. The Bertz CT molecular complexity index is 472. The molecule has 0 heterocycles. The lowest BCUT2D eigenvalue weighted by molar-refractivity contribution is 0.856. The molecule has 2 aliphatic rings. The zero-order valence-corrected chi connectivity index (χ0v) is 8.90. The maximum atomic E-state index is 2.36. The number of benzene rings is 1. The SMILES string of the molecule is CC1=C2C(=CCC2c2ccccc2)C=C1. The lowest BCUT2D eigenvalue weighted by Crippen LogP contribution is -1.97. The Morgan fingerprint density at radius 2 is 1.87 bits per heavy atom. The molecular weight excluding hydrogens is 180 g/mol. The van der Waals surface area contributed by atoms with E-state index in [1.54, 1.807) is 5.57 Å². The first kappa shape index (κ1) is 8.72. The highest BCUT2D eigenvalue weighted by molar-refractivity contribution is 5.60. The largest absolute Gasteiger partial charge is 0.0760 e. The minimum atomic E-state index is 0.594. The highest BCUT2D eigenvalue weighted by atomic mass is 14.3. The molecule has 0 saturated carbocycles. The molecule has 1 aromatic rings. The molecule has 0 nitrogen and oxygen atoms in total. The molecule has 0 N–H and O–H groups in total. The van der Waals surface area contributed by atoms with Crippen molar-refractivity contribution >= 4 is 0 Å². The van der Waals surface area contributed by atoms with Crippen LogP contribution in [0.25, 0.3) is 0 Å². The van der Waals surface area contributed by atoms with Gasteiger partial charge in [0.1, 0.15) is 0 Å². The van der Waals surface area contributed by atoms with Crippen LogP contribution in [0.1, 0.15) is 24.8 Å². The number of allylic oxidation sites excluding steroid dienone is 6. The average Bonchev–Trinajstić information content (AvgIpc) is 2.84. The van der Waals surface area contributed by atoms with Crippen LogP contribution in [-0.2, 0) is 0 Å². The van der Waals surface area contributed by atoms with Crippen molar-refractivity contribution in [2.45, 2.75) is 19.3 Å². The van der Waals surface area contributed by atoms with Gasteiger partial charge in [0.25, 0.3) is 0 Å². The summed E-state index contributed by atoms with van der Waals surface area (Å²) in [6.45, 7) is 2.22. The summed E-state index contributed by atoms with van der Waals surface area (Å²) < 4.78 is 0. The fourth-order valence-corrected chi connectivity index (χ4v) is 2.63. The molecule has 0 amide bonds. The molecule has 0 spiro atoms. The Morgan fingerprint density at radius 1 is 1.07 bits per heavy atom. The van der Waals surface area contributed by atoms with Crippen molar-refractivity contribution in [3.63, 3.8) is 0 Å². The topological polar surface area (TPSA) is 0 Å². The first-order valence-electron chi connectivity index (χ1n) is 5.50. The summed E-state index contributed by atoms with van der Waals surface area (Å²) in [4.78, 5) is 0. The van der Waals surface area contributed by atoms with Gasteiger partial charge < -0.3 is 0 Å². The summed E-state index contributed by atoms with van der Waals surface area (Å²) >= 11 is 0. The van der Waals surface area contributed by atoms with Gasteiger partial charge in [0, 0.05) is 5.92 Å². The van der Waals surface area contributed by atoms with Crippen LogP contribution in [0.5, 0.6) is 0 Å². The van der Waals surface area contributed by atoms with Crippen molar-refractivity contribution in [3.05, 3.63) is 70.8 Å². The third-order valence-corrected chi connectivity index (χ3v) is 3.37. The van der Waals surface area contributed by atoms with Crippen LogP contribution in [0.4, 0.5) is 0 Å². The van der Waals surface area contributed by atoms with E-state index in [0.29, 0.717) is 5.92 Å². The molecule has 0 bridgehead atoms. The Balaban J connectivity index is 2.03. The summed E-state index contributed by atoms with van der Waals surface area (Å²) in [6, 6.07) is 10.8. The summed E-state index contributed by atoms with van der Waals surface area (Å²) in [7, 11) is 0. The third-order valence-electron chi connectivity index (χ3n) is 3.37. The van der Waals surface area contributed by atoms with E-state index in [0.717, 1.165) is 6.42 Å². The van der Waals surface area contributed by atoms with Gasteiger partial charge in [-0.05, 0) is 35.6 Å². The number of hydrogen-bond acceptors (Lipinski definition) is 0. The molecule has 0 fully saturated rings. The van der Waals surface area contributed by atoms with Crippen molar-refractivity contribution in [1.82, 2.24) is 0 Å². The van der Waals surface area contributed by atoms with Crippen LogP contribution in [0.3, 0.4) is 0 Å². The molecule has 1 atom stereocenters. The number of fused-ring (bicyclic) bond motifs is 1. The van der Waals surface area contributed by atoms with Crippen LogP contribution in [0.2, 0.25) is 0 Å². The van der Waals surface area contributed by atoms with Gasteiger partial charge in [0.2, 0.25) is 0 Å². The van der Waals surface area contributed by atoms with Crippen molar-refractivity contribution in [2.24, 2.45) is 0 Å². The second kappa shape index (κ2) is 3.23. The van der Waals surface area contributed by atoms with Crippen molar-refractivity contribution in [1.29, 1.82) is 0 Å². The smallest absolute Gasteiger partial charge is 0.0133 e. The quantitative estimate of drug-likeness (QED) is 0.634. The zero-order chi connectivity index (χ0) is 10.3. The van der Waals surface area contributed by atoms with Gasteiger partial charge in [0.15, 0.2) is 0 Å². The Kier molecular flexibility index (Phi) is 1.88. The molecular formula is C15H14. The fourth-order valence-electron chi connectivity index (χ4n) is 2.63. The second-order valence-corrected chi connectivity index (χ2v) is 4.29. The maximum Gasteiger partial charge on any atom is 0.0133 e. The number of rotatable bonds is 1. The molecule has 1 unspecified atom stereocenters. The van der Waals surface area contributed by atoms with Gasteiger partial charge in [-0.2, -0.15) is 0 Å². The molecule has 0 radical (unpaired) electrons. The van der Waals surface area contributed by atoms with Crippen LogP contribution in [0.15, 0.2) is 65.3 Å². The molecule has 2 aliphatic carbocycles. The van der Waals surface area contributed by atoms with Crippen LogP contribution >= 0.6 is 0 Å². The van der Waals surface area contributed by atoms with Crippen molar-refractivity contribution in [2.75, 3.05) is 0 Å². The molecule has 74 valence electrons. The minimum absolute atomic E-state index is 0.594. The molecule has 15 heavy (non-hydrogen) atoms. The standard InChI is InChI=1S/C15H14/c1-11-7-8-13-9-10-14(15(11)13)12-5-3-2-4-6-12/h2-9,14H,10H2,1H3. The van der Waals surface area contributed by atoms with E-state index in [4.69, 9.17) is 0 Å². The predicted molar refractivity (Wildman–Crippen MR) is 63.7 cm³/mol. The highest BCUT2D eigenvalue weighted by Crippen LogP contribution is 2.44. The van der Waals surface area contributed by atoms with E-state index in [1.807, 2.05) is 0 Å². The van der Waals surface area contributed by atoms with E-state index in [-0.39, 0.29) is 0 Å². The van der Waals surface area contributed by atoms with E-state index < -0.39 is 0 Å². The summed E-state index contributed by atoms with van der Waals surface area (Å²) in [6.07, 6.45) is 8.00. The summed E-state index contributed by atoms with van der Waals surface area (Å²) in [5.74, 6) is 0.594. The van der Waals surface area contributed by atoms with Gasteiger partial charge in [0.05, 0.1) is 0 Å². The molecule has 1 aromatic carbocycles. The normalized spacial score (nSPS) is 23.3. The van der Waals surface area contributed by atoms with E-state index in [9.17, 15) is 0 Å². The van der Waals surface area contributed by atoms with Crippen molar-refractivity contribution in [3.8, 4) is 0 Å². The van der Waals surface area contributed by atoms with Crippen LogP contribution in [-0.4, -0.2) is 0 Å². The molecule has 0 aromatic heterocycles. The summed E-state index contributed by atoms with van der Waals surface area (Å²) in [5.41, 5.74) is 5.87. The molecule has 3 rings (SSSR count). The fraction of sp³-hybridized carbons (Fsp3) is 0.200. The first-order chi connectivity index (χ1) is 7.36. The van der Waals surface area contributed by atoms with E-state index in [1.165, 1.54) is 16.7 Å². The maximum absolute atomic E-state index is 2.36. The predicted octanol–water partition coefficient (Wildman–Crippen LogP) is 3.99. The molecule has 0 heteroatoms. The van der Waals surface area contributed by atoms with Gasteiger partial charge in [-0.3, -0.25) is 0 Å². The molecule has 0 saturated heterocycles. The monoisotopic (exact) mass is 194 g/mol. The Hall–Kier alpha value is -1.56. The Morgan fingerprint density at radius 3 is 2.67 bits per heavy atom. The van der Waals surface area contributed by atoms with Crippen LogP contribution < -0.4 is 0 Å². The highest BCUT2D eigenvalue weighted by Gasteiger charge is 2.26. The van der Waals surface area contributed by atoms with E-state index in [2.05, 4.69) is 55.5 Å². The van der Waals surface area contributed by atoms with Gasteiger partial charge in [-0.15, -0.1) is 0 Å².